The Labute approximate surface area is 71.8 Å². The normalized spacial score (nSPS) is 27.5. The van der Waals surface area contributed by atoms with Crippen LogP contribution in [0.4, 0.5) is 0 Å². The third kappa shape index (κ3) is 1.18. The standard InChI is InChI=1S/C10H12O2/c1-7-6-9(11)8-4-2-3-5-10(8)12-7/h2-5,7,9,11H,6H2,1H3/t7-,9?/m1/s1. The zero-order chi connectivity index (χ0) is 8.55. The topological polar surface area (TPSA) is 29.5 Å². The van der Waals surface area contributed by atoms with Crippen molar-refractivity contribution in [2.24, 2.45) is 0 Å². The van der Waals surface area contributed by atoms with E-state index in [0.29, 0.717) is 6.42 Å². The van der Waals surface area contributed by atoms with Crippen molar-refractivity contribution in [2.45, 2.75) is 25.6 Å². The van der Waals surface area contributed by atoms with Gasteiger partial charge in [0, 0.05) is 12.0 Å². The summed E-state index contributed by atoms with van der Waals surface area (Å²) in [5.41, 5.74) is 0.913. The molecule has 0 fully saturated rings. The summed E-state index contributed by atoms with van der Waals surface area (Å²) in [4.78, 5) is 0. The first-order valence-electron chi connectivity index (χ1n) is 4.21. The van der Waals surface area contributed by atoms with E-state index in [1.54, 1.807) is 0 Å². The predicted molar refractivity (Wildman–Crippen MR) is 46.1 cm³/mol. The SMILES string of the molecule is C[C@@H]1CC(O)c2ccccc2O1. The molecule has 0 saturated heterocycles. The fourth-order valence-corrected chi connectivity index (χ4v) is 1.57. The number of aliphatic hydroxyl groups is 1. The molecular weight excluding hydrogens is 152 g/mol. The minimum Gasteiger partial charge on any atom is -0.490 e. The average molecular weight is 164 g/mol. The maximum atomic E-state index is 9.65. The Kier molecular flexibility index (Phi) is 1.77. The number of rotatable bonds is 0. The molecule has 64 valence electrons. The van der Waals surface area contributed by atoms with Gasteiger partial charge in [-0.2, -0.15) is 0 Å². The highest BCUT2D eigenvalue weighted by Crippen LogP contribution is 2.33. The summed E-state index contributed by atoms with van der Waals surface area (Å²) in [6, 6.07) is 7.64. The van der Waals surface area contributed by atoms with Crippen molar-refractivity contribution < 1.29 is 9.84 Å². The maximum Gasteiger partial charge on any atom is 0.125 e. The number of hydrogen-bond acceptors (Lipinski definition) is 2. The second-order valence-electron chi connectivity index (χ2n) is 3.22. The molecule has 0 spiro atoms. The summed E-state index contributed by atoms with van der Waals surface area (Å²) in [5, 5.41) is 9.65. The van der Waals surface area contributed by atoms with Gasteiger partial charge in [-0.25, -0.2) is 0 Å². The molecule has 0 radical (unpaired) electrons. The molecule has 0 saturated carbocycles. The van der Waals surface area contributed by atoms with E-state index in [-0.39, 0.29) is 12.2 Å². The van der Waals surface area contributed by atoms with Crippen LogP contribution in [-0.4, -0.2) is 11.2 Å². The maximum absolute atomic E-state index is 9.65. The van der Waals surface area contributed by atoms with Gasteiger partial charge in [-0.1, -0.05) is 18.2 Å². The smallest absolute Gasteiger partial charge is 0.125 e. The highest BCUT2D eigenvalue weighted by atomic mass is 16.5. The van der Waals surface area contributed by atoms with Gasteiger partial charge >= 0.3 is 0 Å². The zero-order valence-corrected chi connectivity index (χ0v) is 7.03. The van der Waals surface area contributed by atoms with Crippen molar-refractivity contribution in [3.05, 3.63) is 29.8 Å². The molecule has 2 atom stereocenters. The summed E-state index contributed by atoms with van der Waals surface area (Å²) >= 11 is 0. The molecule has 1 aliphatic rings. The molecule has 0 amide bonds. The first kappa shape index (κ1) is 7.62. The minimum atomic E-state index is -0.357. The molecule has 0 aromatic heterocycles. The van der Waals surface area contributed by atoms with Crippen LogP contribution in [0.15, 0.2) is 24.3 Å². The molecular formula is C10H12O2. The summed E-state index contributed by atoms with van der Waals surface area (Å²) in [7, 11) is 0. The van der Waals surface area contributed by atoms with E-state index in [9.17, 15) is 5.11 Å². The summed E-state index contributed by atoms with van der Waals surface area (Å²) < 4.78 is 5.54. The van der Waals surface area contributed by atoms with Crippen molar-refractivity contribution in [3.8, 4) is 5.75 Å². The Hall–Kier alpha value is -1.02. The molecule has 12 heavy (non-hydrogen) atoms. The molecule has 1 aromatic carbocycles. The van der Waals surface area contributed by atoms with Crippen molar-refractivity contribution in [1.29, 1.82) is 0 Å². The van der Waals surface area contributed by atoms with Gasteiger partial charge in [-0.15, -0.1) is 0 Å². The van der Waals surface area contributed by atoms with Crippen LogP contribution in [0, 0.1) is 0 Å². The lowest BCUT2D eigenvalue weighted by atomic mass is 10.0. The second kappa shape index (κ2) is 2.79. The fourth-order valence-electron chi connectivity index (χ4n) is 1.57. The van der Waals surface area contributed by atoms with E-state index < -0.39 is 0 Å². The number of benzene rings is 1. The Morgan fingerprint density at radius 3 is 3.00 bits per heavy atom. The van der Waals surface area contributed by atoms with Gasteiger partial charge in [-0.3, -0.25) is 0 Å². The highest BCUT2D eigenvalue weighted by molar-refractivity contribution is 5.36. The van der Waals surface area contributed by atoms with Crippen molar-refractivity contribution in [3.63, 3.8) is 0 Å². The van der Waals surface area contributed by atoms with E-state index in [0.717, 1.165) is 11.3 Å². The van der Waals surface area contributed by atoms with Crippen LogP contribution in [0.5, 0.6) is 5.75 Å². The van der Waals surface area contributed by atoms with E-state index in [1.165, 1.54) is 0 Å². The molecule has 1 aromatic rings. The zero-order valence-electron chi connectivity index (χ0n) is 7.03. The number of aliphatic hydroxyl groups excluding tert-OH is 1. The van der Waals surface area contributed by atoms with Crippen molar-refractivity contribution >= 4 is 0 Å². The summed E-state index contributed by atoms with van der Waals surface area (Å²) in [5.74, 6) is 0.823. The molecule has 1 unspecified atom stereocenters. The van der Waals surface area contributed by atoms with Gasteiger partial charge in [0.2, 0.25) is 0 Å². The number of ether oxygens (including phenoxy) is 1. The largest absolute Gasteiger partial charge is 0.490 e. The summed E-state index contributed by atoms with van der Waals surface area (Å²) in [6.07, 6.45) is 0.455. The Morgan fingerprint density at radius 2 is 2.17 bits per heavy atom. The van der Waals surface area contributed by atoms with E-state index in [2.05, 4.69) is 0 Å². The lowest BCUT2D eigenvalue weighted by Gasteiger charge is -2.26. The van der Waals surface area contributed by atoms with Crippen LogP contribution in [0.2, 0.25) is 0 Å². The fraction of sp³-hybridized carbons (Fsp3) is 0.400. The van der Waals surface area contributed by atoms with E-state index in [4.69, 9.17) is 4.74 Å². The van der Waals surface area contributed by atoms with Crippen LogP contribution in [0.25, 0.3) is 0 Å². The molecule has 2 heteroatoms. The van der Waals surface area contributed by atoms with Gasteiger partial charge in [0.05, 0.1) is 12.2 Å². The van der Waals surface area contributed by atoms with E-state index >= 15 is 0 Å². The van der Waals surface area contributed by atoms with Crippen LogP contribution < -0.4 is 4.74 Å². The average Bonchev–Trinajstić information content (AvgIpc) is 2.04. The monoisotopic (exact) mass is 164 g/mol. The van der Waals surface area contributed by atoms with Gasteiger partial charge in [0.1, 0.15) is 5.75 Å². The highest BCUT2D eigenvalue weighted by Gasteiger charge is 2.22. The first-order chi connectivity index (χ1) is 5.77. The van der Waals surface area contributed by atoms with E-state index in [1.807, 2.05) is 31.2 Å². The predicted octanol–water partition coefficient (Wildman–Crippen LogP) is 1.89. The third-order valence-corrected chi connectivity index (χ3v) is 2.16. The molecule has 1 aliphatic heterocycles. The van der Waals surface area contributed by atoms with Crippen molar-refractivity contribution in [1.82, 2.24) is 0 Å². The number of hydrogen-bond donors (Lipinski definition) is 1. The quantitative estimate of drug-likeness (QED) is 0.634. The molecule has 0 bridgehead atoms. The number of para-hydroxylation sites is 1. The third-order valence-electron chi connectivity index (χ3n) is 2.16. The van der Waals surface area contributed by atoms with Gasteiger partial charge in [-0.05, 0) is 13.0 Å². The Balaban J connectivity index is 2.40. The lowest BCUT2D eigenvalue weighted by Crippen LogP contribution is -2.22. The second-order valence-corrected chi connectivity index (χ2v) is 3.22. The van der Waals surface area contributed by atoms with Crippen LogP contribution >= 0.6 is 0 Å². The number of fused-ring (bicyclic) bond motifs is 1. The molecule has 2 rings (SSSR count). The first-order valence-corrected chi connectivity index (χ1v) is 4.21. The van der Waals surface area contributed by atoms with Gasteiger partial charge in [0.25, 0.3) is 0 Å². The van der Waals surface area contributed by atoms with Crippen LogP contribution in [-0.2, 0) is 0 Å². The Bertz CT molecular complexity index is 283. The van der Waals surface area contributed by atoms with Crippen molar-refractivity contribution in [2.75, 3.05) is 0 Å². The lowest BCUT2D eigenvalue weighted by molar-refractivity contribution is 0.0749. The van der Waals surface area contributed by atoms with Crippen LogP contribution in [0.3, 0.4) is 0 Å². The molecule has 1 N–H and O–H groups in total. The molecule has 2 nitrogen and oxygen atoms in total. The van der Waals surface area contributed by atoms with Gasteiger partial charge in [0.15, 0.2) is 0 Å². The Morgan fingerprint density at radius 1 is 1.42 bits per heavy atom. The minimum absolute atomic E-state index is 0.120. The summed E-state index contributed by atoms with van der Waals surface area (Å²) in [6.45, 7) is 1.97. The van der Waals surface area contributed by atoms with Gasteiger partial charge < -0.3 is 9.84 Å². The van der Waals surface area contributed by atoms with Crippen LogP contribution in [0.1, 0.15) is 25.0 Å². The molecule has 1 heterocycles. The molecule has 0 aliphatic carbocycles.